The van der Waals surface area contributed by atoms with Crippen molar-refractivity contribution in [3.05, 3.63) is 70.7 Å². The summed E-state index contributed by atoms with van der Waals surface area (Å²) < 4.78 is 0. The third kappa shape index (κ3) is 6.81. The summed E-state index contributed by atoms with van der Waals surface area (Å²) in [6.07, 6.45) is 5.42. The van der Waals surface area contributed by atoms with Gasteiger partial charge in [-0.2, -0.15) is 0 Å². The van der Waals surface area contributed by atoms with E-state index in [-0.39, 0.29) is 17.4 Å². The highest BCUT2D eigenvalue weighted by Crippen LogP contribution is 2.30. The quantitative estimate of drug-likeness (QED) is 0.577. The first-order valence-electron chi connectivity index (χ1n) is 12.1. The van der Waals surface area contributed by atoms with Crippen molar-refractivity contribution < 1.29 is 9.59 Å². The van der Waals surface area contributed by atoms with E-state index < -0.39 is 0 Å². The van der Waals surface area contributed by atoms with Crippen molar-refractivity contribution in [2.45, 2.75) is 56.4 Å². The molecule has 2 aromatic rings. The summed E-state index contributed by atoms with van der Waals surface area (Å²) in [5, 5.41) is 6.94. The lowest BCUT2D eigenvalue weighted by Crippen LogP contribution is -2.45. The van der Waals surface area contributed by atoms with E-state index in [2.05, 4.69) is 45.9 Å². The highest BCUT2D eigenvalue weighted by Gasteiger charge is 2.37. The van der Waals surface area contributed by atoms with Crippen molar-refractivity contribution in [3.8, 4) is 0 Å². The molecule has 0 unspecified atom stereocenters. The fourth-order valence-corrected chi connectivity index (χ4v) is 5.31. The van der Waals surface area contributed by atoms with E-state index in [4.69, 9.17) is 11.6 Å². The second-order valence-electron chi connectivity index (χ2n) is 9.51. The van der Waals surface area contributed by atoms with E-state index in [0.29, 0.717) is 36.7 Å². The van der Waals surface area contributed by atoms with Gasteiger partial charge in [-0.25, -0.2) is 0 Å². The molecule has 2 amide bonds. The Kier molecular flexibility index (Phi) is 8.05. The normalized spacial score (nSPS) is 21.7. The zero-order chi connectivity index (χ0) is 23.1. The molecule has 2 fully saturated rings. The van der Waals surface area contributed by atoms with Gasteiger partial charge in [0.15, 0.2) is 0 Å². The van der Waals surface area contributed by atoms with Crippen molar-refractivity contribution in [3.63, 3.8) is 0 Å². The van der Waals surface area contributed by atoms with Crippen LogP contribution >= 0.6 is 11.6 Å². The molecule has 0 aromatic heterocycles. The van der Waals surface area contributed by atoms with Crippen LogP contribution in [0.4, 0.5) is 0 Å². The summed E-state index contributed by atoms with van der Waals surface area (Å²) in [4.78, 5) is 27.0. The highest BCUT2D eigenvalue weighted by molar-refractivity contribution is 6.30. The molecule has 176 valence electrons. The van der Waals surface area contributed by atoms with Crippen molar-refractivity contribution in [2.24, 2.45) is 0 Å². The summed E-state index contributed by atoms with van der Waals surface area (Å²) in [6, 6.07) is 18.5. The Labute approximate surface area is 201 Å². The average molecular weight is 468 g/mol. The van der Waals surface area contributed by atoms with E-state index in [9.17, 15) is 9.59 Å². The molecule has 4 rings (SSSR count). The summed E-state index contributed by atoms with van der Waals surface area (Å²) in [5.74, 6) is 0.782. The number of amides is 2. The minimum absolute atomic E-state index is 0.0609. The minimum atomic E-state index is -0.346. The monoisotopic (exact) mass is 467 g/mol. The van der Waals surface area contributed by atoms with Crippen molar-refractivity contribution >= 4 is 23.4 Å². The zero-order valence-corrected chi connectivity index (χ0v) is 19.9. The number of hydrogen-bond acceptors (Lipinski definition) is 3. The molecule has 2 aliphatic rings. The topological polar surface area (TPSA) is 61.4 Å². The van der Waals surface area contributed by atoms with E-state index in [0.717, 1.165) is 38.0 Å². The Morgan fingerprint density at radius 1 is 1.09 bits per heavy atom. The minimum Gasteiger partial charge on any atom is -0.355 e. The van der Waals surface area contributed by atoms with Gasteiger partial charge in [-0.3, -0.25) is 9.59 Å². The number of likely N-dealkylation sites (tertiary alicyclic amines) is 1. The van der Waals surface area contributed by atoms with Gasteiger partial charge in [0.25, 0.3) is 0 Å². The second-order valence-corrected chi connectivity index (χ2v) is 9.94. The molecule has 5 nitrogen and oxygen atoms in total. The molecule has 0 radical (unpaired) electrons. The number of piperidine rings is 1. The summed E-state index contributed by atoms with van der Waals surface area (Å²) in [6.45, 7) is 3.71. The van der Waals surface area contributed by atoms with Crippen LogP contribution in [-0.4, -0.2) is 48.4 Å². The van der Waals surface area contributed by atoms with Gasteiger partial charge < -0.3 is 15.5 Å². The van der Waals surface area contributed by atoms with Crippen LogP contribution in [0.15, 0.2) is 54.6 Å². The van der Waals surface area contributed by atoms with Gasteiger partial charge in [-0.05, 0) is 74.4 Å². The Morgan fingerprint density at radius 2 is 1.82 bits per heavy atom. The maximum absolute atomic E-state index is 12.5. The van der Waals surface area contributed by atoms with E-state index >= 15 is 0 Å². The van der Waals surface area contributed by atoms with Crippen LogP contribution in [0.2, 0.25) is 5.02 Å². The molecule has 0 aliphatic carbocycles. The van der Waals surface area contributed by atoms with Gasteiger partial charge in [0.2, 0.25) is 11.8 Å². The highest BCUT2D eigenvalue weighted by atomic mass is 35.5. The van der Waals surface area contributed by atoms with Gasteiger partial charge in [0.1, 0.15) is 0 Å². The number of hydrogen-bond donors (Lipinski definition) is 2. The molecule has 2 aromatic carbocycles. The Balaban J connectivity index is 1.18. The first-order valence-corrected chi connectivity index (χ1v) is 12.5. The van der Waals surface area contributed by atoms with Gasteiger partial charge in [-0.15, -0.1) is 0 Å². The number of rotatable bonds is 9. The van der Waals surface area contributed by atoms with E-state index in [1.54, 1.807) is 0 Å². The van der Waals surface area contributed by atoms with E-state index in [1.807, 2.05) is 24.3 Å². The van der Waals surface area contributed by atoms with Crippen LogP contribution in [-0.2, 0) is 16.0 Å². The van der Waals surface area contributed by atoms with Crippen LogP contribution in [0.3, 0.4) is 0 Å². The largest absolute Gasteiger partial charge is 0.355 e. The second kappa shape index (κ2) is 11.2. The lowest BCUT2D eigenvalue weighted by Gasteiger charge is -2.32. The van der Waals surface area contributed by atoms with Crippen LogP contribution in [0.25, 0.3) is 0 Å². The smallest absolute Gasteiger partial charge is 0.220 e. The molecule has 2 saturated heterocycles. The molecule has 0 saturated carbocycles. The SMILES string of the molecule is O=C(CC[C@@]1(Cc2ccc(Cl)cc2)CCC(=O)N1)NCCN1CCC(c2ccccc2)CC1. The maximum Gasteiger partial charge on any atom is 0.220 e. The fraction of sp³-hybridized carbons (Fsp3) is 0.481. The number of carbonyl (C=O) groups is 2. The molecule has 1 atom stereocenters. The predicted molar refractivity (Wildman–Crippen MR) is 132 cm³/mol. The zero-order valence-electron chi connectivity index (χ0n) is 19.2. The summed E-state index contributed by atoms with van der Waals surface area (Å²) in [7, 11) is 0. The summed E-state index contributed by atoms with van der Waals surface area (Å²) >= 11 is 6.00. The van der Waals surface area contributed by atoms with Crippen LogP contribution in [0.5, 0.6) is 0 Å². The Hall–Kier alpha value is -2.37. The molecular weight excluding hydrogens is 434 g/mol. The number of nitrogens with one attached hydrogen (secondary N) is 2. The molecule has 0 spiro atoms. The Morgan fingerprint density at radius 3 is 2.48 bits per heavy atom. The van der Waals surface area contributed by atoms with E-state index in [1.165, 1.54) is 18.4 Å². The lowest BCUT2D eigenvalue weighted by atomic mass is 9.85. The molecule has 2 aliphatic heterocycles. The molecule has 0 bridgehead atoms. The van der Waals surface area contributed by atoms with Gasteiger partial charge in [0, 0.05) is 36.5 Å². The number of nitrogens with zero attached hydrogens (tertiary/aromatic N) is 1. The first kappa shape index (κ1) is 23.8. The third-order valence-electron chi connectivity index (χ3n) is 7.13. The van der Waals surface area contributed by atoms with Crippen molar-refractivity contribution in [1.29, 1.82) is 0 Å². The maximum atomic E-state index is 12.5. The standard InChI is InChI=1S/C27H34ClN3O2/c28-24-8-6-21(7-9-24)20-27(15-11-26(33)30-27)14-10-25(32)29-16-19-31-17-12-23(13-18-31)22-4-2-1-3-5-22/h1-9,23H,10-20H2,(H,29,32)(H,30,33)/t27-/m0/s1. The molecule has 2 N–H and O–H groups in total. The molecule has 2 heterocycles. The Bertz CT molecular complexity index is 926. The van der Waals surface area contributed by atoms with Crippen molar-refractivity contribution in [2.75, 3.05) is 26.2 Å². The van der Waals surface area contributed by atoms with Crippen molar-refractivity contribution in [1.82, 2.24) is 15.5 Å². The first-order chi connectivity index (χ1) is 16.0. The number of benzene rings is 2. The third-order valence-corrected chi connectivity index (χ3v) is 7.38. The average Bonchev–Trinajstić information content (AvgIpc) is 3.21. The number of carbonyl (C=O) groups excluding carboxylic acids is 2. The fourth-order valence-electron chi connectivity index (χ4n) is 5.18. The predicted octanol–water partition coefficient (Wildman–Crippen LogP) is 4.31. The lowest BCUT2D eigenvalue weighted by molar-refractivity contribution is -0.122. The van der Waals surface area contributed by atoms with Crippen LogP contribution < -0.4 is 10.6 Å². The van der Waals surface area contributed by atoms with Gasteiger partial charge in [-0.1, -0.05) is 54.1 Å². The molecular formula is C27H34ClN3O2. The van der Waals surface area contributed by atoms with Gasteiger partial charge >= 0.3 is 0 Å². The molecule has 6 heteroatoms. The van der Waals surface area contributed by atoms with Crippen LogP contribution in [0.1, 0.15) is 55.6 Å². The molecule has 33 heavy (non-hydrogen) atoms. The van der Waals surface area contributed by atoms with Gasteiger partial charge in [0.05, 0.1) is 0 Å². The number of halogens is 1. The van der Waals surface area contributed by atoms with Crippen LogP contribution in [0, 0.1) is 0 Å². The summed E-state index contributed by atoms with van der Waals surface area (Å²) in [5.41, 5.74) is 2.22.